The molecule has 0 saturated heterocycles. The van der Waals surface area contributed by atoms with E-state index in [4.69, 9.17) is 5.21 Å². The molecular formula is C29H32N4O5. The van der Waals surface area contributed by atoms with Gasteiger partial charge in [-0.25, -0.2) is 5.48 Å². The fraction of sp³-hybridized carbons (Fsp3) is 0.345. The smallest absolute Gasteiger partial charge is 0.268 e. The lowest BCUT2D eigenvalue weighted by Gasteiger charge is -2.22. The summed E-state index contributed by atoms with van der Waals surface area (Å²) in [4.78, 5) is 36.1. The molecule has 1 fully saturated rings. The van der Waals surface area contributed by atoms with Crippen LogP contribution in [0, 0.1) is 23.7 Å². The zero-order chi connectivity index (χ0) is 27.3. The number of amides is 3. The monoisotopic (exact) mass is 516 g/mol. The Morgan fingerprint density at radius 3 is 2.05 bits per heavy atom. The number of hydrogen-bond acceptors (Lipinski definition) is 6. The minimum atomic E-state index is -1.30. The molecule has 1 aliphatic carbocycles. The van der Waals surface area contributed by atoms with Gasteiger partial charge in [0.15, 0.2) is 0 Å². The summed E-state index contributed by atoms with van der Waals surface area (Å²) in [7, 11) is 0. The summed E-state index contributed by atoms with van der Waals surface area (Å²) in [5.41, 5.74) is 3.77. The second-order valence-electron chi connectivity index (χ2n) is 9.09. The Hall–Kier alpha value is -4.15. The molecule has 1 saturated carbocycles. The Kier molecular flexibility index (Phi) is 10.9. The van der Waals surface area contributed by atoms with Crippen molar-refractivity contribution in [2.45, 2.75) is 57.2 Å². The van der Waals surface area contributed by atoms with E-state index in [-0.39, 0.29) is 11.5 Å². The highest BCUT2D eigenvalue weighted by molar-refractivity contribution is 5.97. The van der Waals surface area contributed by atoms with E-state index >= 15 is 0 Å². The van der Waals surface area contributed by atoms with Crippen LogP contribution in [0.5, 0.6) is 0 Å². The molecule has 9 heteroatoms. The van der Waals surface area contributed by atoms with Crippen LogP contribution >= 0.6 is 0 Å². The summed E-state index contributed by atoms with van der Waals surface area (Å²) in [5, 5.41) is 26.9. The third kappa shape index (κ3) is 9.06. The molecule has 0 radical (unpaired) electrons. The number of hydrogen-bond donors (Lipinski definition) is 6. The Morgan fingerprint density at radius 1 is 0.921 bits per heavy atom. The van der Waals surface area contributed by atoms with Gasteiger partial charge in [0.05, 0.1) is 12.6 Å². The van der Waals surface area contributed by atoms with Gasteiger partial charge in [-0.3, -0.25) is 19.6 Å². The predicted octanol–water partition coefficient (Wildman–Crippen LogP) is 1.94. The molecule has 0 unspecified atom stereocenters. The minimum Gasteiger partial charge on any atom is -0.391 e. The van der Waals surface area contributed by atoms with Crippen LogP contribution < -0.4 is 21.4 Å². The summed E-state index contributed by atoms with van der Waals surface area (Å²) in [6, 6.07) is 12.7. The molecule has 3 rings (SSSR count). The van der Waals surface area contributed by atoms with E-state index in [9.17, 15) is 19.5 Å². The zero-order valence-electron chi connectivity index (χ0n) is 21.2. The normalized spacial score (nSPS) is 14.5. The molecule has 2 aromatic carbocycles. The van der Waals surface area contributed by atoms with Gasteiger partial charge in [0.2, 0.25) is 5.91 Å². The van der Waals surface area contributed by atoms with Gasteiger partial charge in [-0.15, -0.1) is 0 Å². The van der Waals surface area contributed by atoms with Crippen LogP contribution in [0.4, 0.5) is 5.69 Å². The summed E-state index contributed by atoms with van der Waals surface area (Å²) in [5.74, 6) is 9.80. The summed E-state index contributed by atoms with van der Waals surface area (Å²) < 4.78 is 0. The second-order valence-corrected chi connectivity index (χ2v) is 9.09. The number of benzene rings is 2. The van der Waals surface area contributed by atoms with Gasteiger partial charge in [0, 0.05) is 28.4 Å². The molecule has 38 heavy (non-hydrogen) atoms. The van der Waals surface area contributed by atoms with Crippen molar-refractivity contribution in [3.05, 3.63) is 65.2 Å². The highest BCUT2D eigenvalue weighted by Crippen LogP contribution is 2.17. The van der Waals surface area contributed by atoms with Crippen molar-refractivity contribution in [3.8, 4) is 23.7 Å². The van der Waals surface area contributed by atoms with Crippen molar-refractivity contribution < 1.29 is 24.7 Å². The van der Waals surface area contributed by atoms with E-state index in [1.807, 2.05) is 12.1 Å². The number of hydroxylamine groups is 1. The van der Waals surface area contributed by atoms with Crippen molar-refractivity contribution in [3.63, 3.8) is 0 Å². The molecule has 0 heterocycles. The van der Waals surface area contributed by atoms with Crippen molar-refractivity contribution in [1.29, 1.82) is 0 Å². The largest absolute Gasteiger partial charge is 0.391 e. The first-order chi connectivity index (χ1) is 18.4. The molecule has 6 N–H and O–H groups in total. The van der Waals surface area contributed by atoms with E-state index in [0.29, 0.717) is 23.8 Å². The average Bonchev–Trinajstić information content (AvgIpc) is 2.94. The van der Waals surface area contributed by atoms with E-state index in [1.54, 1.807) is 24.3 Å². The van der Waals surface area contributed by atoms with Crippen LogP contribution in [-0.2, 0) is 9.59 Å². The van der Waals surface area contributed by atoms with Crippen molar-refractivity contribution in [1.82, 2.24) is 16.1 Å². The Morgan fingerprint density at radius 2 is 1.50 bits per heavy atom. The average molecular weight is 517 g/mol. The first kappa shape index (κ1) is 28.4. The van der Waals surface area contributed by atoms with Gasteiger partial charge in [0.25, 0.3) is 11.8 Å². The summed E-state index contributed by atoms with van der Waals surface area (Å²) >= 11 is 0. The fourth-order valence-electron chi connectivity index (χ4n) is 4.00. The SMILES string of the molecule is C[C@@H](O)[C@H](NC(=O)c1ccc(C#CC#Cc2ccc(NC(=O)CNC3CCCCC3)cc2)cc1)C(=O)NO. The third-order valence-corrected chi connectivity index (χ3v) is 6.11. The lowest BCUT2D eigenvalue weighted by atomic mass is 9.95. The van der Waals surface area contributed by atoms with Crippen LogP contribution in [0.15, 0.2) is 48.5 Å². The molecule has 198 valence electrons. The summed E-state index contributed by atoms with van der Waals surface area (Å²) in [6.45, 7) is 1.62. The molecule has 2 atom stereocenters. The molecule has 1 aliphatic rings. The second kappa shape index (κ2) is 14.6. The van der Waals surface area contributed by atoms with Gasteiger partial charge >= 0.3 is 0 Å². The van der Waals surface area contributed by atoms with Crippen LogP contribution in [0.1, 0.15) is 60.5 Å². The van der Waals surface area contributed by atoms with E-state index in [1.165, 1.54) is 43.8 Å². The molecule has 9 nitrogen and oxygen atoms in total. The van der Waals surface area contributed by atoms with Crippen molar-refractivity contribution >= 4 is 23.4 Å². The van der Waals surface area contributed by atoms with Gasteiger partial charge in [-0.05, 0) is 80.1 Å². The van der Waals surface area contributed by atoms with E-state index in [2.05, 4.69) is 39.6 Å². The number of rotatable bonds is 8. The fourth-order valence-corrected chi connectivity index (χ4v) is 4.00. The number of nitrogens with one attached hydrogen (secondary N) is 4. The maximum absolute atomic E-state index is 12.3. The van der Waals surface area contributed by atoms with Gasteiger partial charge in [0.1, 0.15) is 6.04 Å². The number of aliphatic hydroxyl groups excluding tert-OH is 1. The quantitative estimate of drug-likeness (QED) is 0.180. The highest BCUT2D eigenvalue weighted by atomic mass is 16.5. The maximum atomic E-state index is 12.3. The number of aliphatic hydroxyl groups is 1. The van der Waals surface area contributed by atoms with Crippen LogP contribution in [0.25, 0.3) is 0 Å². The standard InChI is InChI=1S/C29H32N4O5/c1-20(34)27(29(37)33-38)32-28(36)23-15-11-21(12-16-23)7-5-6-8-22-13-17-25(18-14-22)31-26(35)19-30-24-9-3-2-4-10-24/h11-18,20,24,27,30,34,38H,2-4,9-10,19H2,1H3,(H,31,35)(H,32,36)(H,33,37)/t20-,27+/m1/s1. The molecule has 0 spiro atoms. The number of anilines is 1. The predicted molar refractivity (Wildman–Crippen MR) is 143 cm³/mol. The number of carbonyl (C=O) groups excluding carboxylic acids is 3. The van der Waals surface area contributed by atoms with Gasteiger partial charge < -0.3 is 21.1 Å². The van der Waals surface area contributed by atoms with E-state index < -0.39 is 24.0 Å². The highest BCUT2D eigenvalue weighted by Gasteiger charge is 2.25. The lowest BCUT2D eigenvalue weighted by Crippen LogP contribution is -2.51. The summed E-state index contributed by atoms with van der Waals surface area (Å²) in [6.07, 6.45) is 4.78. The Balaban J connectivity index is 1.48. The van der Waals surface area contributed by atoms with Crippen LogP contribution in [0.3, 0.4) is 0 Å². The van der Waals surface area contributed by atoms with Crippen molar-refractivity contribution in [2.24, 2.45) is 0 Å². The topological polar surface area (TPSA) is 140 Å². The molecule has 0 aliphatic heterocycles. The molecule has 2 aromatic rings. The number of carbonyl (C=O) groups is 3. The lowest BCUT2D eigenvalue weighted by molar-refractivity contribution is -0.133. The van der Waals surface area contributed by atoms with Gasteiger partial charge in [-0.1, -0.05) is 31.1 Å². The van der Waals surface area contributed by atoms with Crippen LogP contribution in [0.2, 0.25) is 0 Å². The first-order valence-corrected chi connectivity index (χ1v) is 12.5. The van der Waals surface area contributed by atoms with Gasteiger partial charge in [-0.2, -0.15) is 0 Å². The Labute approximate surface area is 222 Å². The third-order valence-electron chi connectivity index (χ3n) is 6.11. The Bertz CT molecular complexity index is 1230. The van der Waals surface area contributed by atoms with E-state index in [0.717, 1.165) is 18.4 Å². The zero-order valence-corrected chi connectivity index (χ0v) is 21.2. The molecule has 0 bridgehead atoms. The van der Waals surface area contributed by atoms with Crippen LogP contribution in [-0.4, -0.2) is 52.8 Å². The minimum absolute atomic E-state index is 0.0674. The molecular weight excluding hydrogens is 484 g/mol. The van der Waals surface area contributed by atoms with Crippen molar-refractivity contribution in [2.75, 3.05) is 11.9 Å². The maximum Gasteiger partial charge on any atom is 0.268 e. The molecule has 3 amide bonds. The molecule has 0 aromatic heterocycles. The first-order valence-electron chi connectivity index (χ1n) is 12.5.